The van der Waals surface area contributed by atoms with Crippen molar-refractivity contribution < 1.29 is 0 Å². The van der Waals surface area contributed by atoms with Crippen LogP contribution in [0.15, 0.2) is 6.33 Å². The second-order valence-electron chi connectivity index (χ2n) is 4.34. The molecule has 4 nitrogen and oxygen atoms in total. The third-order valence-electron chi connectivity index (χ3n) is 2.56. The van der Waals surface area contributed by atoms with Gasteiger partial charge in [0.25, 0.3) is 0 Å². The molecule has 4 heteroatoms. The fourth-order valence-electron chi connectivity index (χ4n) is 1.93. The third-order valence-corrected chi connectivity index (χ3v) is 2.56. The highest BCUT2D eigenvalue weighted by molar-refractivity contribution is 4.97. The van der Waals surface area contributed by atoms with E-state index in [0.717, 1.165) is 18.9 Å². The van der Waals surface area contributed by atoms with Crippen LogP contribution in [0.5, 0.6) is 0 Å². The van der Waals surface area contributed by atoms with E-state index in [9.17, 15) is 0 Å². The zero-order chi connectivity index (χ0) is 9.97. The summed E-state index contributed by atoms with van der Waals surface area (Å²) < 4.78 is 2.04. The normalized spacial score (nSPS) is 22.1. The molecule has 0 aliphatic carbocycles. The smallest absolute Gasteiger partial charge is 0.143 e. The summed E-state index contributed by atoms with van der Waals surface area (Å²) in [4.78, 5) is 4.34. The average molecular weight is 194 g/mol. The predicted octanol–water partition coefficient (Wildman–Crippen LogP) is 1.36. The largest absolute Gasteiger partial charge is 0.307 e. The van der Waals surface area contributed by atoms with Crippen LogP contribution in [0.3, 0.4) is 0 Å². The lowest BCUT2D eigenvalue weighted by Gasteiger charge is -2.12. The number of hydrogen-bond donors (Lipinski definition) is 1. The zero-order valence-electron chi connectivity index (χ0n) is 8.90. The number of nitrogens with one attached hydrogen (secondary N) is 1. The minimum atomic E-state index is 0.427. The summed E-state index contributed by atoms with van der Waals surface area (Å²) in [7, 11) is 0. The van der Waals surface area contributed by atoms with Gasteiger partial charge < -0.3 is 5.32 Å². The highest BCUT2D eigenvalue weighted by Gasteiger charge is 2.21. The number of rotatable bonds is 3. The summed E-state index contributed by atoms with van der Waals surface area (Å²) in [6.45, 7) is 6.48. The Kier molecular flexibility index (Phi) is 2.82. The predicted molar refractivity (Wildman–Crippen MR) is 54.8 cm³/mol. The first kappa shape index (κ1) is 9.65. The Balaban J connectivity index is 2.12. The van der Waals surface area contributed by atoms with Gasteiger partial charge in [0.05, 0.1) is 6.04 Å². The van der Waals surface area contributed by atoms with Crippen molar-refractivity contribution in [2.75, 3.05) is 6.54 Å². The Hall–Kier alpha value is -0.900. The van der Waals surface area contributed by atoms with Crippen molar-refractivity contribution in [3.63, 3.8) is 0 Å². The van der Waals surface area contributed by atoms with Gasteiger partial charge in [-0.1, -0.05) is 13.8 Å². The molecule has 1 aliphatic rings. The molecule has 78 valence electrons. The van der Waals surface area contributed by atoms with Crippen molar-refractivity contribution in [1.29, 1.82) is 0 Å². The molecule has 1 atom stereocenters. The molecule has 1 N–H and O–H groups in total. The average Bonchev–Trinajstić information content (AvgIpc) is 2.70. The van der Waals surface area contributed by atoms with E-state index in [-0.39, 0.29) is 0 Å². The first-order valence-corrected chi connectivity index (χ1v) is 5.38. The molecule has 2 rings (SSSR count). The molecule has 0 radical (unpaired) electrons. The second-order valence-corrected chi connectivity index (χ2v) is 4.34. The maximum atomic E-state index is 4.34. The molecule has 0 aromatic carbocycles. The minimum absolute atomic E-state index is 0.427. The highest BCUT2D eigenvalue weighted by atomic mass is 15.3. The third kappa shape index (κ3) is 1.95. The van der Waals surface area contributed by atoms with Crippen LogP contribution in [0.4, 0.5) is 0 Å². The molecule has 14 heavy (non-hydrogen) atoms. The van der Waals surface area contributed by atoms with Crippen LogP contribution >= 0.6 is 0 Å². The van der Waals surface area contributed by atoms with Gasteiger partial charge in [0.15, 0.2) is 0 Å². The van der Waals surface area contributed by atoms with Crippen molar-refractivity contribution >= 4 is 0 Å². The first-order valence-electron chi connectivity index (χ1n) is 5.38. The Morgan fingerprint density at radius 2 is 2.50 bits per heavy atom. The molecular formula is C10H18N4. The lowest BCUT2D eigenvalue weighted by Crippen LogP contribution is -2.20. The van der Waals surface area contributed by atoms with E-state index in [1.54, 1.807) is 6.33 Å². The summed E-state index contributed by atoms with van der Waals surface area (Å²) in [6, 6.07) is 0.427. The van der Waals surface area contributed by atoms with Crippen LogP contribution in [-0.2, 0) is 6.54 Å². The van der Waals surface area contributed by atoms with Crippen LogP contribution in [0.1, 0.15) is 38.6 Å². The summed E-state index contributed by atoms with van der Waals surface area (Å²) in [6.07, 6.45) is 4.10. The van der Waals surface area contributed by atoms with Crippen LogP contribution in [0.25, 0.3) is 0 Å². The van der Waals surface area contributed by atoms with E-state index in [1.807, 2.05) is 4.68 Å². The summed E-state index contributed by atoms with van der Waals surface area (Å²) >= 11 is 0. The standard InChI is InChI=1S/C10H18N4/c1-8(2)6-14-10(12-7-13-14)9-4-3-5-11-9/h7-9,11H,3-6H2,1-2H3/t9-/m1/s1. The molecule has 0 unspecified atom stereocenters. The van der Waals surface area contributed by atoms with Crippen molar-refractivity contribution in [2.45, 2.75) is 39.3 Å². The van der Waals surface area contributed by atoms with Crippen molar-refractivity contribution in [2.24, 2.45) is 5.92 Å². The van der Waals surface area contributed by atoms with Gasteiger partial charge in [-0.05, 0) is 25.3 Å². The Labute approximate surface area is 84.7 Å². The molecule has 1 aliphatic heterocycles. The lowest BCUT2D eigenvalue weighted by molar-refractivity contribution is 0.441. The van der Waals surface area contributed by atoms with Crippen LogP contribution in [0.2, 0.25) is 0 Å². The fraction of sp³-hybridized carbons (Fsp3) is 0.800. The van der Waals surface area contributed by atoms with E-state index in [4.69, 9.17) is 0 Å². The molecule has 0 bridgehead atoms. The van der Waals surface area contributed by atoms with Crippen LogP contribution in [0, 0.1) is 5.92 Å². The van der Waals surface area contributed by atoms with E-state index in [1.165, 1.54) is 12.8 Å². The molecule has 1 aromatic rings. The minimum Gasteiger partial charge on any atom is -0.307 e. The first-order chi connectivity index (χ1) is 6.77. The topological polar surface area (TPSA) is 42.7 Å². The van der Waals surface area contributed by atoms with Crippen molar-refractivity contribution in [3.05, 3.63) is 12.2 Å². The molecule has 0 saturated carbocycles. The fourth-order valence-corrected chi connectivity index (χ4v) is 1.93. The second kappa shape index (κ2) is 4.09. The van der Waals surface area contributed by atoms with E-state index in [2.05, 4.69) is 29.2 Å². The van der Waals surface area contributed by atoms with E-state index < -0.39 is 0 Å². The maximum Gasteiger partial charge on any atom is 0.143 e. The molecule has 2 heterocycles. The molecule has 1 aromatic heterocycles. The van der Waals surface area contributed by atoms with Gasteiger partial charge in [0.1, 0.15) is 12.2 Å². The summed E-state index contributed by atoms with van der Waals surface area (Å²) in [5.74, 6) is 1.73. The molecule has 1 fully saturated rings. The van der Waals surface area contributed by atoms with Crippen molar-refractivity contribution in [1.82, 2.24) is 20.1 Å². The Bertz CT molecular complexity index is 286. The Morgan fingerprint density at radius 1 is 1.64 bits per heavy atom. The number of aromatic nitrogens is 3. The van der Waals surface area contributed by atoms with Crippen LogP contribution < -0.4 is 5.32 Å². The summed E-state index contributed by atoms with van der Waals surface area (Å²) in [5, 5.41) is 7.72. The van der Waals surface area contributed by atoms with E-state index >= 15 is 0 Å². The number of nitrogens with zero attached hydrogens (tertiary/aromatic N) is 3. The molecule has 0 spiro atoms. The van der Waals surface area contributed by atoms with Gasteiger partial charge in [-0.25, -0.2) is 9.67 Å². The number of hydrogen-bond acceptors (Lipinski definition) is 3. The van der Waals surface area contributed by atoms with Crippen LogP contribution in [-0.4, -0.2) is 21.3 Å². The zero-order valence-corrected chi connectivity index (χ0v) is 8.90. The monoisotopic (exact) mass is 194 g/mol. The van der Waals surface area contributed by atoms with Crippen molar-refractivity contribution in [3.8, 4) is 0 Å². The van der Waals surface area contributed by atoms with Gasteiger partial charge in [-0.3, -0.25) is 0 Å². The molecular weight excluding hydrogens is 176 g/mol. The Morgan fingerprint density at radius 3 is 3.14 bits per heavy atom. The quantitative estimate of drug-likeness (QED) is 0.790. The van der Waals surface area contributed by atoms with Gasteiger partial charge in [-0.15, -0.1) is 0 Å². The van der Waals surface area contributed by atoms with Gasteiger partial charge in [0.2, 0.25) is 0 Å². The molecule has 0 amide bonds. The molecule has 1 saturated heterocycles. The van der Waals surface area contributed by atoms with Gasteiger partial charge in [-0.2, -0.15) is 5.10 Å². The highest BCUT2D eigenvalue weighted by Crippen LogP contribution is 2.20. The maximum absolute atomic E-state index is 4.34. The van der Waals surface area contributed by atoms with E-state index in [0.29, 0.717) is 12.0 Å². The van der Waals surface area contributed by atoms with Gasteiger partial charge in [0, 0.05) is 6.54 Å². The summed E-state index contributed by atoms with van der Waals surface area (Å²) in [5.41, 5.74) is 0. The lowest BCUT2D eigenvalue weighted by atomic mass is 10.2. The SMILES string of the molecule is CC(C)Cn1ncnc1[C@H]1CCCN1. The van der Waals surface area contributed by atoms with Gasteiger partial charge >= 0.3 is 0 Å².